The SMILES string of the molecule is CNc1nc(-c2cc(C)cc(C)c2)nc2ccc(Cl)cc12. The van der Waals surface area contributed by atoms with Crippen molar-refractivity contribution in [3.8, 4) is 11.4 Å². The monoisotopic (exact) mass is 297 g/mol. The van der Waals surface area contributed by atoms with Crippen LogP contribution in [-0.2, 0) is 0 Å². The van der Waals surface area contributed by atoms with Gasteiger partial charge in [-0.3, -0.25) is 0 Å². The Bertz CT molecular complexity index is 807. The molecule has 2 aromatic carbocycles. The third kappa shape index (κ3) is 2.69. The van der Waals surface area contributed by atoms with E-state index in [1.165, 1.54) is 11.1 Å². The molecule has 0 atom stereocenters. The highest BCUT2D eigenvalue weighted by Crippen LogP contribution is 2.27. The van der Waals surface area contributed by atoms with E-state index in [0.29, 0.717) is 5.02 Å². The highest BCUT2D eigenvalue weighted by molar-refractivity contribution is 6.31. The number of aromatic nitrogens is 2. The Kier molecular flexibility index (Phi) is 3.52. The summed E-state index contributed by atoms with van der Waals surface area (Å²) in [6.45, 7) is 4.16. The van der Waals surface area contributed by atoms with Gasteiger partial charge in [0.05, 0.1) is 5.52 Å². The minimum absolute atomic E-state index is 0.682. The Morgan fingerprint density at radius 2 is 1.67 bits per heavy atom. The van der Waals surface area contributed by atoms with Crippen molar-refractivity contribution in [1.82, 2.24) is 9.97 Å². The number of hydrogen-bond acceptors (Lipinski definition) is 3. The first kappa shape index (κ1) is 13.8. The molecule has 1 N–H and O–H groups in total. The first-order chi connectivity index (χ1) is 10.1. The van der Waals surface area contributed by atoms with Gasteiger partial charge in [-0.25, -0.2) is 9.97 Å². The van der Waals surface area contributed by atoms with Crippen molar-refractivity contribution >= 4 is 28.3 Å². The van der Waals surface area contributed by atoms with Gasteiger partial charge < -0.3 is 5.32 Å². The largest absolute Gasteiger partial charge is 0.373 e. The van der Waals surface area contributed by atoms with E-state index in [9.17, 15) is 0 Å². The van der Waals surface area contributed by atoms with Crippen molar-refractivity contribution < 1.29 is 0 Å². The molecule has 0 fully saturated rings. The van der Waals surface area contributed by atoms with Crippen LogP contribution in [0.2, 0.25) is 5.02 Å². The summed E-state index contributed by atoms with van der Waals surface area (Å²) in [6.07, 6.45) is 0. The van der Waals surface area contributed by atoms with Gasteiger partial charge in [-0.2, -0.15) is 0 Å². The summed E-state index contributed by atoms with van der Waals surface area (Å²) in [4.78, 5) is 9.30. The maximum atomic E-state index is 6.06. The van der Waals surface area contributed by atoms with Gasteiger partial charge in [-0.05, 0) is 44.2 Å². The van der Waals surface area contributed by atoms with E-state index in [1.807, 2.05) is 25.2 Å². The molecule has 4 heteroatoms. The molecular formula is C17H16ClN3. The molecule has 0 aliphatic carbocycles. The van der Waals surface area contributed by atoms with E-state index in [-0.39, 0.29) is 0 Å². The Hall–Kier alpha value is -2.13. The van der Waals surface area contributed by atoms with E-state index in [1.54, 1.807) is 0 Å². The van der Waals surface area contributed by atoms with Crippen LogP contribution in [0.15, 0.2) is 36.4 Å². The zero-order valence-corrected chi connectivity index (χ0v) is 13.0. The second-order valence-electron chi connectivity index (χ2n) is 5.18. The van der Waals surface area contributed by atoms with Crippen LogP contribution >= 0.6 is 11.6 Å². The molecule has 3 rings (SSSR count). The number of aryl methyl sites for hydroxylation is 2. The van der Waals surface area contributed by atoms with Gasteiger partial charge >= 0.3 is 0 Å². The minimum Gasteiger partial charge on any atom is -0.373 e. The first-order valence-corrected chi connectivity index (χ1v) is 7.18. The fourth-order valence-electron chi connectivity index (χ4n) is 2.52. The van der Waals surface area contributed by atoms with Crippen molar-refractivity contribution in [2.45, 2.75) is 13.8 Å². The van der Waals surface area contributed by atoms with E-state index in [0.717, 1.165) is 28.1 Å². The summed E-state index contributed by atoms with van der Waals surface area (Å²) in [5, 5.41) is 4.74. The van der Waals surface area contributed by atoms with Crippen LogP contribution in [0.5, 0.6) is 0 Å². The van der Waals surface area contributed by atoms with Crippen LogP contribution in [0.25, 0.3) is 22.3 Å². The second-order valence-corrected chi connectivity index (χ2v) is 5.62. The number of halogens is 1. The van der Waals surface area contributed by atoms with Crippen LogP contribution in [0.4, 0.5) is 5.82 Å². The maximum absolute atomic E-state index is 6.06. The molecule has 0 saturated carbocycles. The quantitative estimate of drug-likeness (QED) is 0.750. The van der Waals surface area contributed by atoms with Crippen molar-refractivity contribution in [2.24, 2.45) is 0 Å². The molecule has 0 aliphatic rings. The molecule has 0 bridgehead atoms. The van der Waals surface area contributed by atoms with Crippen LogP contribution in [0.3, 0.4) is 0 Å². The van der Waals surface area contributed by atoms with Crippen molar-refractivity contribution in [3.63, 3.8) is 0 Å². The number of anilines is 1. The molecule has 0 spiro atoms. The van der Waals surface area contributed by atoms with E-state index in [4.69, 9.17) is 11.6 Å². The molecule has 1 heterocycles. The zero-order chi connectivity index (χ0) is 15.0. The Morgan fingerprint density at radius 3 is 2.33 bits per heavy atom. The topological polar surface area (TPSA) is 37.8 Å². The summed E-state index contributed by atoms with van der Waals surface area (Å²) in [5.74, 6) is 1.51. The molecule has 1 aromatic heterocycles. The number of nitrogens with zero attached hydrogens (tertiary/aromatic N) is 2. The lowest BCUT2D eigenvalue weighted by Gasteiger charge is -2.09. The van der Waals surface area contributed by atoms with Gasteiger partial charge in [-0.15, -0.1) is 0 Å². The third-order valence-electron chi connectivity index (χ3n) is 3.37. The predicted molar refractivity (Wildman–Crippen MR) is 89.0 cm³/mol. The highest BCUT2D eigenvalue weighted by Gasteiger charge is 2.09. The van der Waals surface area contributed by atoms with E-state index in [2.05, 4.69) is 47.3 Å². The summed E-state index contributed by atoms with van der Waals surface area (Å²) in [6, 6.07) is 12.0. The van der Waals surface area contributed by atoms with Crippen molar-refractivity contribution in [1.29, 1.82) is 0 Å². The Morgan fingerprint density at radius 1 is 0.952 bits per heavy atom. The van der Waals surface area contributed by atoms with Gasteiger partial charge in [0.25, 0.3) is 0 Å². The van der Waals surface area contributed by atoms with Gasteiger partial charge in [0.15, 0.2) is 5.82 Å². The fourth-order valence-corrected chi connectivity index (χ4v) is 2.70. The van der Waals surface area contributed by atoms with Crippen LogP contribution < -0.4 is 5.32 Å². The summed E-state index contributed by atoms with van der Waals surface area (Å²) < 4.78 is 0. The minimum atomic E-state index is 0.682. The maximum Gasteiger partial charge on any atom is 0.162 e. The standard InChI is InChI=1S/C17H16ClN3/c1-10-6-11(2)8-12(7-10)16-20-15-5-4-13(18)9-14(15)17(19-3)21-16/h4-9H,1-3H3,(H,19,20,21). The van der Waals surface area contributed by atoms with Crippen LogP contribution in [0.1, 0.15) is 11.1 Å². The van der Waals surface area contributed by atoms with Gasteiger partial charge in [0, 0.05) is 23.0 Å². The molecule has 0 amide bonds. The van der Waals surface area contributed by atoms with E-state index < -0.39 is 0 Å². The zero-order valence-electron chi connectivity index (χ0n) is 12.2. The molecule has 0 unspecified atom stereocenters. The Labute approximate surface area is 129 Å². The van der Waals surface area contributed by atoms with Gasteiger partial charge in [0.1, 0.15) is 5.82 Å². The average Bonchev–Trinajstić information content (AvgIpc) is 2.45. The lowest BCUT2D eigenvalue weighted by atomic mass is 10.1. The molecule has 106 valence electrons. The lowest BCUT2D eigenvalue weighted by Crippen LogP contribution is -1.99. The molecule has 3 aromatic rings. The summed E-state index contributed by atoms with van der Waals surface area (Å²) >= 11 is 6.06. The molecule has 0 saturated heterocycles. The molecule has 21 heavy (non-hydrogen) atoms. The third-order valence-corrected chi connectivity index (χ3v) is 3.61. The first-order valence-electron chi connectivity index (χ1n) is 6.80. The van der Waals surface area contributed by atoms with Gasteiger partial charge in [-0.1, -0.05) is 28.8 Å². The highest BCUT2D eigenvalue weighted by atomic mass is 35.5. The molecule has 0 radical (unpaired) electrons. The lowest BCUT2D eigenvalue weighted by molar-refractivity contribution is 1.21. The predicted octanol–water partition coefficient (Wildman–Crippen LogP) is 4.61. The van der Waals surface area contributed by atoms with Crippen LogP contribution in [-0.4, -0.2) is 17.0 Å². The summed E-state index contributed by atoms with van der Waals surface area (Å²) in [7, 11) is 1.86. The van der Waals surface area contributed by atoms with E-state index >= 15 is 0 Å². The van der Waals surface area contributed by atoms with Crippen molar-refractivity contribution in [3.05, 3.63) is 52.5 Å². The second kappa shape index (κ2) is 5.34. The van der Waals surface area contributed by atoms with Crippen LogP contribution in [0, 0.1) is 13.8 Å². The summed E-state index contributed by atoms with van der Waals surface area (Å²) in [5.41, 5.74) is 4.32. The van der Waals surface area contributed by atoms with Crippen molar-refractivity contribution in [2.75, 3.05) is 12.4 Å². The van der Waals surface area contributed by atoms with Gasteiger partial charge in [0.2, 0.25) is 0 Å². The number of hydrogen-bond donors (Lipinski definition) is 1. The Balaban J connectivity index is 2.26. The fraction of sp³-hybridized carbons (Fsp3) is 0.176. The number of benzene rings is 2. The molecule has 3 nitrogen and oxygen atoms in total. The molecule has 0 aliphatic heterocycles. The molecular weight excluding hydrogens is 282 g/mol. The number of nitrogens with one attached hydrogen (secondary N) is 1. The normalized spacial score (nSPS) is 10.9. The number of rotatable bonds is 2. The average molecular weight is 298 g/mol. The number of fused-ring (bicyclic) bond motifs is 1. The smallest absolute Gasteiger partial charge is 0.162 e.